The molecule has 1 unspecified atom stereocenters. The van der Waals surface area contributed by atoms with Crippen LogP contribution >= 0.6 is 0 Å². The summed E-state index contributed by atoms with van der Waals surface area (Å²) in [7, 11) is 1.57. The lowest BCUT2D eigenvalue weighted by molar-refractivity contribution is 0.0698. The van der Waals surface area contributed by atoms with Gasteiger partial charge in [-0.05, 0) is 18.6 Å². The molecule has 1 atom stereocenters. The molecule has 5 nitrogen and oxygen atoms in total. The predicted octanol–water partition coefficient (Wildman–Crippen LogP) is 2.33. The second-order valence-corrected chi connectivity index (χ2v) is 4.27. The van der Waals surface area contributed by atoms with Crippen LogP contribution in [0.25, 0.3) is 0 Å². The first kappa shape index (κ1) is 15.2. The summed E-state index contributed by atoms with van der Waals surface area (Å²) in [5.74, 6) is -1.99. The molecule has 1 rings (SSSR count). The van der Waals surface area contributed by atoms with E-state index in [-0.39, 0.29) is 17.3 Å². The normalized spacial score (nSPS) is 12.2. The van der Waals surface area contributed by atoms with Gasteiger partial charge in [0.1, 0.15) is 11.4 Å². The molecule has 0 fully saturated rings. The van der Waals surface area contributed by atoms with E-state index in [4.69, 9.17) is 15.6 Å². The number of carboxylic acids is 1. The molecule has 4 N–H and O–H groups in total. The van der Waals surface area contributed by atoms with Gasteiger partial charge in [0.25, 0.3) is 0 Å². The number of nitrogen functional groups attached to an aromatic ring is 1. The molecule has 0 heterocycles. The second kappa shape index (κ2) is 6.94. The van der Waals surface area contributed by atoms with Crippen LogP contribution in [0, 0.1) is 5.82 Å². The zero-order valence-electron chi connectivity index (χ0n) is 11.1. The SMILES string of the molecule is CCCC(COC)Nc1ccc(F)c(N)c1C(=O)O. The Labute approximate surface area is 111 Å². The molecule has 0 aliphatic heterocycles. The summed E-state index contributed by atoms with van der Waals surface area (Å²) in [5.41, 5.74) is 5.19. The fourth-order valence-corrected chi connectivity index (χ4v) is 1.91. The predicted molar refractivity (Wildman–Crippen MR) is 72.0 cm³/mol. The molecule has 0 aliphatic carbocycles. The van der Waals surface area contributed by atoms with Crippen molar-refractivity contribution in [3.8, 4) is 0 Å². The molecule has 0 aliphatic rings. The van der Waals surface area contributed by atoms with Crippen LogP contribution < -0.4 is 11.1 Å². The van der Waals surface area contributed by atoms with Gasteiger partial charge in [-0.3, -0.25) is 0 Å². The molecule has 1 aromatic rings. The number of anilines is 2. The van der Waals surface area contributed by atoms with Crippen molar-refractivity contribution in [3.63, 3.8) is 0 Å². The summed E-state index contributed by atoms with van der Waals surface area (Å²) in [6.45, 7) is 2.45. The van der Waals surface area contributed by atoms with Gasteiger partial charge in [-0.1, -0.05) is 13.3 Å². The van der Waals surface area contributed by atoms with Gasteiger partial charge in [-0.25, -0.2) is 9.18 Å². The molecular weight excluding hydrogens is 251 g/mol. The molecule has 0 spiro atoms. The van der Waals surface area contributed by atoms with E-state index in [0.717, 1.165) is 18.9 Å². The Bertz CT molecular complexity index is 446. The van der Waals surface area contributed by atoms with Crippen molar-refractivity contribution in [3.05, 3.63) is 23.5 Å². The van der Waals surface area contributed by atoms with E-state index >= 15 is 0 Å². The minimum absolute atomic E-state index is 0.0436. The van der Waals surface area contributed by atoms with Gasteiger partial charge < -0.3 is 20.9 Å². The highest BCUT2D eigenvalue weighted by atomic mass is 19.1. The van der Waals surface area contributed by atoms with Gasteiger partial charge in [-0.15, -0.1) is 0 Å². The van der Waals surface area contributed by atoms with Crippen LogP contribution in [0.15, 0.2) is 12.1 Å². The van der Waals surface area contributed by atoms with E-state index in [2.05, 4.69) is 5.32 Å². The van der Waals surface area contributed by atoms with Crippen LogP contribution in [0.4, 0.5) is 15.8 Å². The summed E-state index contributed by atoms with van der Waals surface area (Å²) in [4.78, 5) is 11.2. The third kappa shape index (κ3) is 3.82. The van der Waals surface area contributed by atoms with Crippen molar-refractivity contribution < 1.29 is 19.0 Å². The maximum atomic E-state index is 13.3. The van der Waals surface area contributed by atoms with E-state index < -0.39 is 11.8 Å². The standard InChI is InChI=1S/C13H19FN2O3/c1-3-4-8(7-19-2)16-10-6-5-9(14)12(15)11(10)13(17)18/h5-6,8,16H,3-4,7,15H2,1-2H3,(H,17,18). The fourth-order valence-electron chi connectivity index (χ4n) is 1.91. The highest BCUT2D eigenvalue weighted by molar-refractivity contribution is 6.00. The van der Waals surface area contributed by atoms with E-state index in [0.29, 0.717) is 12.3 Å². The number of carbonyl (C=O) groups is 1. The second-order valence-electron chi connectivity index (χ2n) is 4.27. The Morgan fingerprint density at radius 3 is 2.79 bits per heavy atom. The number of hydrogen-bond donors (Lipinski definition) is 3. The molecule has 0 saturated carbocycles. The van der Waals surface area contributed by atoms with Crippen LogP contribution in [-0.4, -0.2) is 30.8 Å². The maximum Gasteiger partial charge on any atom is 0.340 e. The number of benzene rings is 1. The quantitative estimate of drug-likeness (QED) is 0.662. The highest BCUT2D eigenvalue weighted by Gasteiger charge is 2.19. The highest BCUT2D eigenvalue weighted by Crippen LogP contribution is 2.26. The van der Waals surface area contributed by atoms with E-state index in [1.807, 2.05) is 6.92 Å². The smallest absolute Gasteiger partial charge is 0.340 e. The third-order valence-electron chi connectivity index (χ3n) is 2.77. The minimum Gasteiger partial charge on any atom is -0.478 e. The molecule has 0 bridgehead atoms. The summed E-state index contributed by atoms with van der Waals surface area (Å²) >= 11 is 0. The number of rotatable bonds is 7. The zero-order chi connectivity index (χ0) is 14.4. The molecule has 6 heteroatoms. The number of hydrogen-bond acceptors (Lipinski definition) is 4. The summed E-state index contributed by atoms with van der Waals surface area (Å²) in [5, 5.41) is 12.2. The van der Waals surface area contributed by atoms with Crippen molar-refractivity contribution in [1.82, 2.24) is 0 Å². The average molecular weight is 270 g/mol. The first-order valence-electron chi connectivity index (χ1n) is 6.08. The Morgan fingerprint density at radius 2 is 2.26 bits per heavy atom. The van der Waals surface area contributed by atoms with Gasteiger partial charge in [0.2, 0.25) is 0 Å². The van der Waals surface area contributed by atoms with E-state index in [1.54, 1.807) is 7.11 Å². The molecule has 0 saturated heterocycles. The lowest BCUT2D eigenvalue weighted by atomic mass is 10.1. The van der Waals surface area contributed by atoms with Gasteiger partial charge in [0.05, 0.1) is 18.0 Å². The van der Waals surface area contributed by atoms with Crippen molar-refractivity contribution in [2.45, 2.75) is 25.8 Å². The van der Waals surface area contributed by atoms with Crippen molar-refractivity contribution in [2.75, 3.05) is 24.8 Å². The maximum absolute atomic E-state index is 13.3. The lowest BCUT2D eigenvalue weighted by Gasteiger charge is -2.20. The Morgan fingerprint density at radius 1 is 1.58 bits per heavy atom. The van der Waals surface area contributed by atoms with E-state index in [1.165, 1.54) is 6.07 Å². The largest absolute Gasteiger partial charge is 0.478 e. The van der Waals surface area contributed by atoms with Gasteiger partial charge >= 0.3 is 5.97 Å². The minimum atomic E-state index is -1.26. The van der Waals surface area contributed by atoms with E-state index in [9.17, 15) is 9.18 Å². The number of carboxylic acid groups (broad SMARTS) is 1. The first-order chi connectivity index (χ1) is 9.01. The number of ether oxygens (including phenoxy) is 1. The van der Waals surface area contributed by atoms with Crippen LogP contribution in [0.3, 0.4) is 0 Å². The van der Waals surface area contributed by atoms with Gasteiger partial charge in [-0.2, -0.15) is 0 Å². The monoisotopic (exact) mass is 270 g/mol. The average Bonchev–Trinajstić information content (AvgIpc) is 2.34. The molecule has 0 aromatic heterocycles. The number of aromatic carboxylic acids is 1. The molecule has 19 heavy (non-hydrogen) atoms. The number of methoxy groups -OCH3 is 1. The lowest BCUT2D eigenvalue weighted by Crippen LogP contribution is -2.26. The van der Waals surface area contributed by atoms with Crippen LogP contribution in [-0.2, 0) is 4.74 Å². The van der Waals surface area contributed by atoms with Crippen LogP contribution in [0.1, 0.15) is 30.1 Å². The Kier molecular flexibility index (Phi) is 5.57. The third-order valence-corrected chi connectivity index (χ3v) is 2.77. The fraction of sp³-hybridized carbons (Fsp3) is 0.462. The molecule has 106 valence electrons. The molecule has 0 amide bonds. The van der Waals surface area contributed by atoms with Crippen molar-refractivity contribution in [2.24, 2.45) is 0 Å². The van der Waals surface area contributed by atoms with Crippen molar-refractivity contribution >= 4 is 17.3 Å². The van der Waals surface area contributed by atoms with Crippen LogP contribution in [0.2, 0.25) is 0 Å². The molecule has 0 radical (unpaired) electrons. The number of halogens is 1. The first-order valence-corrected chi connectivity index (χ1v) is 6.08. The van der Waals surface area contributed by atoms with Gasteiger partial charge in [0, 0.05) is 13.2 Å². The summed E-state index contributed by atoms with van der Waals surface area (Å²) in [6.07, 6.45) is 1.73. The Balaban J connectivity index is 3.05. The summed E-state index contributed by atoms with van der Waals surface area (Å²) < 4.78 is 18.4. The topological polar surface area (TPSA) is 84.6 Å². The molecular formula is C13H19FN2O3. The number of nitrogens with one attached hydrogen (secondary N) is 1. The molecule has 1 aromatic carbocycles. The summed E-state index contributed by atoms with van der Waals surface area (Å²) in [6, 6.07) is 2.49. The Hall–Kier alpha value is -1.82. The van der Waals surface area contributed by atoms with Gasteiger partial charge in [0.15, 0.2) is 0 Å². The zero-order valence-corrected chi connectivity index (χ0v) is 11.1. The van der Waals surface area contributed by atoms with Crippen LogP contribution in [0.5, 0.6) is 0 Å². The van der Waals surface area contributed by atoms with Crippen molar-refractivity contribution in [1.29, 1.82) is 0 Å². The number of nitrogens with two attached hydrogens (primary N) is 1.